The van der Waals surface area contributed by atoms with Crippen LogP contribution in [0.5, 0.6) is 0 Å². The second kappa shape index (κ2) is 9.44. The standard InChI is InChI=1S/C25H25N3O3S/c1-27(14-12-20-10-5-6-13-26-20)22(29)16-25(19-8-3-2-4-9-19)17-23(30)28(24(25)31)18-21-11-7-15-32-21/h2-11,13,15H,12,14,16-18H2,1H3/t25-/m0/s1. The number of pyridine rings is 1. The number of amides is 3. The Morgan fingerprint density at radius 2 is 1.88 bits per heavy atom. The topological polar surface area (TPSA) is 70.6 Å². The maximum atomic E-state index is 13.6. The van der Waals surface area contributed by atoms with E-state index in [1.54, 1.807) is 18.1 Å². The first-order valence-electron chi connectivity index (χ1n) is 10.6. The summed E-state index contributed by atoms with van der Waals surface area (Å²) in [6.45, 7) is 0.732. The highest BCUT2D eigenvalue weighted by Crippen LogP contribution is 2.41. The molecule has 2 aromatic heterocycles. The molecule has 0 aliphatic carbocycles. The van der Waals surface area contributed by atoms with Gasteiger partial charge in [-0.3, -0.25) is 24.3 Å². The molecule has 0 N–H and O–H groups in total. The lowest BCUT2D eigenvalue weighted by molar-refractivity contribution is -0.143. The first kappa shape index (κ1) is 21.9. The molecule has 1 aliphatic heterocycles. The molecule has 4 rings (SSSR count). The summed E-state index contributed by atoms with van der Waals surface area (Å²) >= 11 is 1.51. The summed E-state index contributed by atoms with van der Waals surface area (Å²) in [7, 11) is 1.73. The Kier molecular flexibility index (Phi) is 6.46. The third-order valence-corrected chi connectivity index (χ3v) is 6.80. The zero-order valence-electron chi connectivity index (χ0n) is 17.9. The smallest absolute Gasteiger partial charge is 0.241 e. The van der Waals surface area contributed by atoms with Crippen LogP contribution in [0.3, 0.4) is 0 Å². The van der Waals surface area contributed by atoms with Gasteiger partial charge in [0.1, 0.15) is 0 Å². The number of nitrogens with zero attached hydrogens (tertiary/aromatic N) is 3. The van der Waals surface area contributed by atoms with Crippen LogP contribution < -0.4 is 0 Å². The molecule has 0 bridgehead atoms. The van der Waals surface area contributed by atoms with Crippen LogP contribution in [0.15, 0.2) is 72.2 Å². The largest absolute Gasteiger partial charge is 0.345 e. The van der Waals surface area contributed by atoms with Gasteiger partial charge in [0, 0.05) is 49.6 Å². The van der Waals surface area contributed by atoms with Crippen molar-refractivity contribution in [2.75, 3.05) is 13.6 Å². The third-order valence-electron chi connectivity index (χ3n) is 5.94. The van der Waals surface area contributed by atoms with E-state index in [2.05, 4.69) is 4.98 Å². The van der Waals surface area contributed by atoms with E-state index in [1.165, 1.54) is 16.2 Å². The molecule has 164 valence electrons. The number of carbonyl (C=O) groups excluding carboxylic acids is 3. The highest BCUT2D eigenvalue weighted by Gasteiger charge is 2.53. The number of carbonyl (C=O) groups is 3. The minimum Gasteiger partial charge on any atom is -0.345 e. The summed E-state index contributed by atoms with van der Waals surface area (Å²) in [5.74, 6) is -0.700. The fourth-order valence-electron chi connectivity index (χ4n) is 4.09. The predicted octanol–water partition coefficient (Wildman–Crippen LogP) is 3.43. The van der Waals surface area contributed by atoms with E-state index in [0.29, 0.717) is 18.5 Å². The number of imide groups is 1. The first-order valence-corrected chi connectivity index (χ1v) is 11.4. The van der Waals surface area contributed by atoms with Gasteiger partial charge in [-0.1, -0.05) is 42.5 Å². The Labute approximate surface area is 191 Å². The minimum absolute atomic E-state index is 0.00103. The zero-order chi connectivity index (χ0) is 22.6. The second-order valence-corrected chi connectivity index (χ2v) is 9.08. The summed E-state index contributed by atoms with van der Waals surface area (Å²) in [4.78, 5) is 47.9. The van der Waals surface area contributed by atoms with Crippen LogP contribution in [0.4, 0.5) is 0 Å². The molecule has 3 amide bonds. The van der Waals surface area contributed by atoms with Crippen molar-refractivity contribution >= 4 is 29.1 Å². The number of hydrogen-bond donors (Lipinski definition) is 0. The van der Waals surface area contributed by atoms with Crippen LogP contribution in [0, 0.1) is 0 Å². The molecule has 3 heterocycles. The van der Waals surface area contributed by atoms with Crippen LogP contribution in [0.2, 0.25) is 0 Å². The molecular weight excluding hydrogens is 422 g/mol. The molecule has 1 saturated heterocycles. The van der Waals surface area contributed by atoms with Crippen LogP contribution in [0.25, 0.3) is 0 Å². The summed E-state index contributed by atoms with van der Waals surface area (Å²) in [6, 6.07) is 18.7. The van der Waals surface area contributed by atoms with Crippen LogP contribution in [-0.4, -0.2) is 46.1 Å². The Morgan fingerprint density at radius 1 is 1.09 bits per heavy atom. The van der Waals surface area contributed by atoms with Gasteiger partial charge in [0.2, 0.25) is 17.7 Å². The molecule has 1 aromatic carbocycles. The average Bonchev–Trinajstić information content (AvgIpc) is 3.42. The van der Waals surface area contributed by atoms with Gasteiger partial charge in [0.25, 0.3) is 0 Å². The molecule has 0 unspecified atom stereocenters. The van der Waals surface area contributed by atoms with Crippen LogP contribution in [-0.2, 0) is 32.8 Å². The van der Waals surface area contributed by atoms with Crippen molar-refractivity contribution in [1.29, 1.82) is 0 Å². The lowest BCUT2D eigenvalue weighted by atomic mass is 9.75. The number of benzene rings is 1. The Balaban J connectivity index is 1.55. The van der Waals surface area contributed by atoms with E-state index in [4.69, 9.17) is 0 Å². The lowest BCUT2D eigenvalue weighted by Gasteiger charge is -2.29. The Hall–Kier alpha value is -3.32. The Bertz CT molecular complexity index is 1090. The number of aromatic nitrogens is 1. The predicted molar refractivity (Wildman–Crippen MR) is 123 cm³/mol. The van der Waals surface area contributed by atoms with E-state index >= 15 is 0 Å². The average molecular weight is 448 g/mol. The Morgan fingerprint density at radius 3 is 2.56 bits per heavy atom. The maximum Gasteiger partial charge on any atom is 0.241 e. The molecule has 1 fully saturated rings. The van der Waals surface area contributed by atoms with Crippen molar-refractivity contribution in [1.82, 2.24) is 14.8 Å². The van der Waals surface area contributed by atoms with Crippen LogP contribution >= 0.6 is 11.3 Å². The van der Waals surface area contributed by atoms with Gasteiger partial charge in [-0.05, 0) is 29.1 Å². The number of rotatable bonds is 8. The summed E-state index contributed by atoms with van der Waals surface area (Å²) in [6.07, 6.45) is 2.31. The molecule has 3 aromatic rings. The molecule has 1 aliphatic rings. The van der Waals surface area contributed by atoms with Gasteiger partial charge in [-0.25, -0.2) is 0 Å². The van der Waals surface area contributed by atoms with Crippen molar-refractivity contribution < 1.29 is 14.4 Å². The van der Waals surface area contributed by atoms with Gasteiger partial charge >= 0.3 is 0 Å². The summed E-state index contributed by atoms with van der Waals surface area (Å²) in [5.41, 5.74) is 0.434. The van der Waals surface area contributed by atoms with Gasteiger partial charge in [-0.2, -0.15) is 0 Å². The number of likely N-dealkylation sites (N-methyl/N-ethyl adjacent to an activating group) is 1. The van der Waals surface area contributed by atoms with Gasteiger partial charge in [-0.15, -0.1) is 11.3 Å². The minimum atomic E-state index is -1.17. The lowest BCUT2D eigenvalue weighted by Crippen LogP contribution is -2.42. The maximum absolute atomic E-state index is 13.6. The van der Waals surface area contributed by atoms with Gasteiger partial charge in [0.05, 0.1) is 12.0 Å². The van der Waals surface area contributed by atoms with Gasteiger partial charge in [0.15, 0.2) is 0 Å². The molecule has 0 saturated carbocycles. The molecule has 6 nitrogen and oxygen atoms in total. The number of thiophene rings is 1. The van der Waals surface area contributed by atoms with E-state index in [0.717, 1.165) is 10.6 Å². The van der Waals surface area contributed by atoms with Crippen LogP contribution in [0.1, 0.15) is 29.0 Å². The van der Waals surface area contributed by atoms with E-state index in [-0.39, 0.29) is 37.1 Å². The molecule has 1 atom stereocenters. The van der Waals surface area contributed by atoms with E-state index in [1.807, 2.05) is 66.0 Å². The zero-order valence-corrected chi connectivity index (χ0v) is 18.8. The monoisotopic (exact) mass is 447 g/mol. The fourth-order valence-corrected chi connectivity index (χ4v) is 4.78. The van der Waals surface area contributed by atoms with Crippen molar-refractivity contribution in [2.45, 2.75) is 31.2 Å². The quantitative estimate of drug-likeness (QED) is 0.496. The highest BCUT2D eigenvalue weighted by molar-refractivity contribution is 7.09. The number of hydrogen-bond acceptors (Lipinski definition) is 5. The van der Waals surface area contributed by atoms with E-state index < -0.39 is 5.41 Å². The molecule has 7 heteroatoms. The van der Waals surface area contributed by atoms with E-state index in [9.17, 15) is 14.4 Å². The molecule has 0 spiro atoms. The molecule has 32 heavy (non-hydrogen) atoms. The van der Waals surface area contributed by atoms with Crippen molar-refractivity contribution in [3.05, 3.63) is 88.4 Å². The summed E-state index contributed by atoms with van der Waals surface area (Å²) < 4.78 is 0. The number of likely N-dealkylation sites (tertiary alicyclic amines) is 1. The fraction of sp³-hybridized carbons (Fsp3) is 0.280. The third kappa shape index (κ3) is 4.48. The van der Waals surface area contributed by atoms with Crippen molar-refractivity contribution in [2.24, 2.45) is 0 Å². The van der Waals surface area contributed by atoms with Crippen molar-refractivity contribution in [3.8, 4) is 0 Å². The molecular formula is C25H25N3O3S. The van der Waals surface area contributed by atoms with Gasteiger partial charge < -0.3 is 4.90 Å². The molecule has 0 radical (unpaired) electrons. The second-order valence-electron chi connectivity index (χ2n) is 8.05. The normalized spacial score (nSPS) is 18.2. The first-order chi connectivity index (χ1) is 15.5. The summed E-state index contributed by atoms with van der Waals surface area (Å²) in [5, 5.41) is 1.92. The highest BCUT2D eigenvalue weighted by atomic mass is 32.1. The SMILES string of the molecule is CN(CCc1ccccn1)C(=O)C[C@@]1(c2ccccc2)CC(=O)N(Cc2cccs2)C1=O. The van der Waals surface area contributed by atoms with Crippen molar-refractivity contribution in [3.63, 3.8) is 0 Å².